The number of benzene rings is 1. The van der Waals surface area contributed by atoms with Gasteiger partial charge in [-0.2, -0.15) is 0 Å². The van der Waals surface area contributed by atoms with Crippen LogP contribution >= 0.6 is 0 Å². The summed E-state index contributed by atoms with van der Waals surface area (Å²) in [7, 11) is 0. The molecule has 3 rings (SSSR count). The van der Waals surface area contributed by atoms with E-state index in [-0.39, 0.29) is 11.9 Å². The highest BCUT2D eigenvalue weighted by Crippen LogP contribution is 2.15. The quantitative estimate of drug-likeness (QED) is 0.830. The van der Waals surface area contributed by atoms with Gasteiger partial charge in [0.05, 0.1) is 31.4 Å². The third kappa shape index (κ3) is 3.73. The van der Waals surface area contributed by atoms with Crippen molar-refractivity contribution in [3.8, 4) is 5.69 Å². The number of aromatic nitrogens is 4. The van der Waals surface area contributed by atoms with E-state index < -0.39 is 0 Å². The number of amides is 1. The molecule has 2 heterocycles. The summed E-state index contributed by atoms with van der Waals surface area (Å²) in [4.78, 5) is 14.6. The largest absolute Gasteiger partial charge is 0.377 e. The van der Waals surface area contributed by atoms with E-state index >= 15 is 0 Å². The minimum atomic E-state index is 0.168. The first-order valence-corrected chi connectivity index (χ1v) is 7.97. The fourth-order valence-electron chi connectivity index (χ4n) is 2.88. The average molecular weight is 315 g/mol. The van der Waals surface area contributed by atoms with Crippen LogP contribution < -0.4 is 0 Å². The molecular weight excluding hydrogens is 294 g/mol. The van der Waals surface area contributed by atoms with E-state index in [1.54, 1.807) is 11.0 Å². The Balaban J connectivity index is 1.65. The van der Waals surface area contributed by atoms with Gasteiger partial charge in [0.25, 0.3) is 0 Å². The topological polar surface area (TPSA) is 73.1 Å². The molecule has 1 saturated heterocycles. The summed E-state index contributed by atoms with van der Waals surface area (Å²) in [6.07, 6.45) is 4.00. The van der Waals surface area contributed by atoms with Gasteiger partial charge in [-0.1, -0.05) is 25.5 Å². The fourth-order valence-corrected chi connectivity index (χ4v) is 2.88. The van der Waals surface area contributed by atoms with Crippen LogP contribution in [0, 0.1) is 0 Å². The maximum Gasteiger partial charge on any atom is 0.227 e. The number of nitrogens with zero attached hydrogens (tertiary/aromatic N) is 5. The molecule has 1 fully saturated rings. The fraction of sp³-hybridized carbons (Fsp3) is 0.500. The third-order valence-electron chi connectivity index (χ3n) is 4.08. The molecule has 0 unspecified atom stereocenters. The van der Waals surface area contributed by atoms with E-state index in [1.165, 1.54) is 0 Å². The average Bonchev–Trinajstić information content (AvgIpc) is 3.11. The predicted octanol–water partition coefficient (Wildman–Crippen LogP) is 1.23. The molecule has 0 radical (unpaired) electrons. The smallest absolute Gasteiger partial charge is 0.227 e. The molecule has 0 aliphatic carbocycles. The second kappa shape index (κ2) is 7.32. The highest BCUT2D eigenvalue weighted by Gasteiger charge is 2.26. The van der Waals surface area contributed by atoms with Crippen molar-refractivity contribution in [2.45, 2.75) is 32.2 Å². The number of hydrogen-bond donors (Lipinski definition) is 0. The number of tetrazole rings is 1. The molecule has 0 spiro atoms. The monoisotopic (exact) mass is 315 g/mol. The Hall–Kier alpha value is -2.28. The van der Waals surface area contributed by atoms with Crippen LogP contribution in [0.25, 0.3) is 5.69 Å². The molecule has 1 atom stereocenters. The molecule has 7 nitrogen and oxygen atoms in total. The van der Waals surface area contributed by atoms with Crippen molar-refractivity contribution in [2.24, 2.45) is 0 Å². The molecule has 2 aromatic rings. The minimum Gasteiger partial charge on any atom is -0.377 e. The first-order valence-electron chi connectivity index (χ1n) is 7.97. The Kier molecular flexibility index (Phi) is 4.97. The Bertz CT molecular complexity index is 624. The van der Waals surface area contributed by atoms with Gasteiger partial charge in [-0.15, -0.1) is 5.10 Å². The van der Waals surface area contributed by atoms with Gasteiger partial charge in [-0.3, -0.25) is 4.79 Å². The summed E-state index contributed by atoms with van der Waals surface area (Å²) in [5.41, 5.74) is 1.87. The van der Waals surface area contributed by atoms with Crippen molar-refractivity contribution in [1.29, 1.82) is 0 Å². The van der Waals surface area contributed by atoms with Gasteiger partial charge in [-0.05, 0) is 34.5 Å². The van der Waals surface area contributed by atoms with Gasteiger partial charge < -0.3 is 9.64 Å². The number of hydrogen-bond acceptors (Lipinski definition) is 5. The van der Waals surface area contributed by atoms with E-state index in [4.69, 9.17) is 4.74 Å². The molecule has 1 aromatic heterocycles. The summed E-state index contributed by atoms with van der Waals surface area (Å²) in [6, 6.07) is 7.94. The van der Waals surface area contributed by atoms with Crippen LogP contribution in [0.2, 0.25) is 0 Å². The highest BCUT2D eigenvalue weighted by atomic mass is 16.5. The normalized spacial score (nSPS) is 18.1. The maximum absolute atomic E-state index is 12.6. The Morgan fingerprint density at radius 1 is 1.35 bits per heavy atom. The SMILES string of the molecule is CCC[C@@H]1COCCN1C(=O)Cc1ccc(-n2cnnn2)cc1. The molecule has 122 valence electrons. The number of carbonyl (C=O) groups is 1. The molecule has 0 bridgehead atoms. The first-order chi connectivity index (χ1) is 11.3. The van der Waals surface area contributed by atoms with Crippen LogP contribution in [0.3, 0.4) is 0 Å². The van der Waals surface area contributed by atoms with Crippen LogP contribution in [-0.4, -0.2) is 56.8 Å². The van der Waals surface area contributed by atoms with E-state index in [2.05, 4.69) is 22.4 Å². The molecule has 1 aromatic carbocycles. The standard InChI is InChI=1S/C16H21N5O2/c1-2-3-15-11-23-9-8-20(15)16(22)10-13-4-6-14(7-5-13)21-12-17-18-19-21/h4-7,12,15H,2-3,8-11H2,1H3/t15-/m1/s1. The van der Waals surface area contributed by atoms with Gasteiger partial charge in [0.1, 0.15) is 6.33 Å². The van der Waals surface area contributed by atoms with Crippen LogP contribution in [0.4, 0.5) is 0 Å². The van der Waals surface area contributed by atoms with E-state index in [9.17, 15) is 4.79 Å². The molecule has 1 amide bonds. The lowest BCUT2D eigenvalue weighted by Crippen LogP contribution is -2.49. The molecule has 1 aliphatic heterocycles. The first kappa shape index (κ1) is 15.6. The van der Waals surface area contributed by atoms with Crippen molar-refractivity contribution < 1.29 is 9.53 Å². The van der Waals surface area contributed by atoms with Crippen molar-refractivity contribution in [3.63, 3.8) is 0 Å². The van der Waals surface area contributed by atoms with Crippen LogP contribution in [-0.2, 0) is 16.0 Å². The number of morpholine rings is 1. The third-order valence-corrected chi connectivity index (χ3v) is 4.08. The zero-order valence-electron chi connectivity index (χ0n) is 13.3. The second-order valence-corrected chi connectivity index (χ2v) is 5.70. The van der Waals surface area contributed by atoms with Gasteiger partial charge in [0, 0.05) is 6.54 Å². The predicted molar refractivity (Wildman–Crippen MR) is 84.1 cm³/mol. The summed E-state index contributed by atoms with van der Waals surface area (Å²) >= 11 is 0. The summed E-state index contributed by atoms with van der Waals surface area (Å²) in [5, 5.41) is 11.1. The van der Waals surface area contributed by atoms with Gasteiger partial charge in [0.2, 0.25) is 5.91 Å². The zero-order valence-corrected chi connectivity index (χ0v) is 13.3. The molecular formula is C16H21N5O2. The number of ether oxygens (including phenoxy) is 1. The highest BCUT2D eigenvalue weighted by molar-refractivity contribution is 5.79. The lowest BCUT2D eigenvalue weighted by molar-refractivity contribution is -0.139. The lowest BCUT2D eigenvalue weighted by atomic mass is 10.1. The Morgan fingerprint density at radius 2 is 2.17 bits per heavy atom. The number of carbonyl (C=O) groups excluding carboxylic acids is 1. The molecule has 0 N–H and O–H groups in total. The van der Waals surface area contributed by atoms with Crippen molar-refractivity contribution in [1.82, 2.24) is 25.1 Å². The Morgan fingerprint density at radius 3 is 2.87 bits per heavy atom. The van der Waals surface area contributed by atoms with Crippen LogP contribution in [0.15, 0.2) is 30.6 Å². The number of rotatable bonds is 5. The van der Waals surface area contributed by atoms with Crippen LogP contribution in [0.1, 0.15) is 25.3 Å². The van der Waals surface area contributed by atoms with Gasteiger partial charge >= 0.3 is 0 Å². The molecule has 1 aliphatic rings. The second-order valence-electron chi connectivity index (χ2n) is 5.70. The lowest BCUT2D eigenvalue weighted by Gasteiger charge is -2.35. The van der Waals surface area contributed by atoms with Crippen molar-refractivity contribution in [2.75, 3.05) is 19.8 Å². The maximum atomic E-state index is 12.6. The summed E-state index contributed by atoms with van der Waals surface area (Å²) < 4.78 is 7.10. The molecule has 23 heavy (non-hydrogen) atoms. The van der Waals surface area contributed by atoms with E-state index in [0.717, 1.165) is 24.1 Å². The van der Waals surface area contributed by atoms with Crippen molar-refractivity contribution >= 4 is 5.91 Å². The minimum absolute atomic E-state index is 0.168. The Labute approximate surface area is 135 Å². The van der Waals surface area contributed by atoms with Gasteiger partial charge in [0.15, 0.2) is 0 Å². The zero-order chi connectivity index (χ0) is 16.1. The summed E-state index contributed by atoms with van der Waals surface area (Å²) in [5.74, 6) is 0.168. The molecule has 0 saturated carbocycles. The van der Waals surface area contributed by atoms with Crippen LogP contribution in [0.5, 0.6) is 0 Å². The molecule has 7 heteroatoms. The van der Waals surface area contributed by atoms with E-state index in [1.807, 2.05) is 29.2 Å². The van der Waals surface area contributed by atoms with Crippen molar-refractivity contribution in [3.05, 3.63) is 36.2 Å². The summed E-state index contributed by atoms with van der Waals surface area (Å²) in [6.45, 7) is 4.10. The van der Waals surface area contributed by atoms with E-state index in [0.29, 0.717) is 26.2 Å². The van der Waals surface area contributed by atoms with Gasteiger partial charge in [-0.25, -0.2) is 4.68 Å².